The number of hydrogen-bond acceptors (Lipinski definition) is 1. The van der Waals surface area contributed by atoms with E-state index in [0.717, 1.165) is 12.1 Å². The van der Waals surface area contributed by atoms with Gasteiger partial charge in [0, 0.05) is 5.56 Å². The van der Waals surface area contributed by atoms with Gasteiger partial charge in [-0.25, -0.2) is 4.98 Å². The van der Waals surface area contributed by atoms with Crippen LogP contribution in [0.2, 0.25) is 5.15 Å². The lowest BCUT2D eigenvalue weighted by Crippen LogP contribution is -2.05. The zero-order valence-electron chi connectivity index (χ0n) is 8.50. The highest BCUT2D eigenvalue weighted by Crippen LogP contribution is 2.33. The molecule has 1 aromatic carbocycles. The minimum Gasteiger partial charge on any atom is -0.236 e. The Bertz CT molecular complexity index is 523. The number of nitrogens with zero attached hydrogens (tertiary/aromatic N) is 1. The van der Waals surface area contributed by atoms with E-state index in [1.807, 2.05) is 0 Å². The molecule has 0 radical (unpaired) electrons. The summed E-state index contributed by atoms with van der Waals surface area (Å²) < 4.78 is 37.7. The van der Waals surface area contributed by atoms with Gasteiger partial charge in [-0.05, 0) is 12.1 Å². The first-order chi connectivity index (χ1) is 7.97. The summed E-state index contributed by atoms with van der Waals surface area (Å²) >= 11 is 5.59. The summed E-state index contributed by atoms with van der Waals surface area (Å²) in [5.41, 5.74) is 0.0160. The Labute approximate surface area is 101 Å². The normalized spacial score (nSPS) is 11.5. The van der Waals surface area contributed by atoms with Crippen LogP contribution in [-0.4, -0.2) is 4.98 Å². The third-order valence-electron chi connectivity index (χ3n) is 2.19. The van der Waals surface area contributed by atoms with E-state index in [0.29, 0.717) is 5.56 Å². The largest absolute Gasteiger partial charge is 0.416 e. The molecule has 0 aliphatic heterocycles. The van der Waals surface area contributed by atoms with Crippen molar-refractivity contribution in [2.45, 2.75) is 6.18 Å². The van der Waals surface area contributed by atoms with Crippen LogP contribution in [0.25, 0.3) is 11.3 Å². The molecule has 1 aromatic heterocycles. The van der Waals surface area contributed by atoms with Gasteiger partial charge in [-0.3, -0.25) is 0 Å². The third kappa shape index (κ3) is 2.77. The molecule has 0 aliphatic carbocycles. The molecule has 88 valence electrons. The lowest BCUT2D eigenvalue weighted by molar-refractivity contribution is -0.137. The van der Waals surface area contributed by atoms with Crippen LogP contribution < -0.4 is 0 Å². The van der Waals surface area contributed by atoms with Gasteiger partial charge in [0.15, 0.2) is 0 Å². The Balaban J connectivity index is 2.54. The zero-order valence-corrected chi connectivity index (χ0v) is 9.26. The van der Waals surface area contributed by atoms with E-state index in [9.17, 15) is 13.2 Å². The Morgan fingerprint density at radius 1 is 1.00 bits per heavy atom. The lowest BCUT2D eigenvalue weighted by atomic mass is 10.1. The maximum atomic E-state index is 12.6. The molecule has 1 heterocycles. The molecule has 1 nitrogen and oxygen atoms in total. The number of benzene rings is 1. The monoisotopic (exact) mass is 257 g/mol. The van der Waals surface area contributed by atoms with Crippen LogP contribution in [0.5, 0.6) is 0 Å². The first-order valence-electron chi connectivity index (χ1n) is 4.77. The van der Waals surface area contributed by atoms with Gasteiger partial charge >= 0.3 is 6.18 Å². The van der Waals surface area contributed by atoms with E-state index in [2.05, 4.69) is 4.98 Å². The molecule has 5 heteroatoms. The van der Waals surface area contributed by atoms with E-state index >= 15 is 0 Å². The van der Waals surface area contributed by atoms with Crippen LogP contribution in [-0.2, 0) is 6.18 Å². The Kier molecular flexibility index (Phi) is 3.07. The Morgan fingerprint density at radius 3 is 2.24 bits per heavy atom. The van der Waals surface area contributed by atoms with Gasteiger partial charge in [-0.15, -0.1) is 0 Å². The van der Waals surface area contributed by atoms with Crippen molar-refractivity contribution in [3.05, 3.63) is 53.2 Å². The van der Waals surface area contributed by atoms with E-state index in [4.69, 9.17) is 11.6 Å². The topological polar surface area (TPSA) is 12.9 Å². The van der Waals surface area contributed by atoms with Crippen LogP contribution in [0.4, 0.5) is 13.2 Å². The molecule has 0 bridgehead atoms. The second-order valence-electron chi connectivity index (χ2n) is 3.43. The molecule has 17 heavy (non-hydrogen) atoms. The van der Waals surface area contributed by atoms with Gasteiger partial charge in [-0.2, -0.15) is 13.2 Å². The summed E-state index contributed by atoms with van der Waals surface area (Å²) in [4.78, 5) is 3.88. The van der Waals surface area contributed by atoms with Crippen molar-refractivity contribution < 1.29 is 13.2 Å². The van der Waals surface area contributed by atoms with E-state index in [-0.39, 0.29) is 10.8 Å². The summed E-state index contributed by atoms with van der Waals surface area (Å²) in [6, 6.07) is 10.4. The molecule has 0 spiro atoms. The van der Waals surface area contributed by atoms with Gasteiger partial charge in [-0.1, -0.05) is 41.9 Å². The molecule has 0 unspecified atom stereocenters. The van der Waals surface area contributed by atoms with Crippen molar-refractivity contribution >= 4 is 11.6 Å². The van der Waals surface area contributed by atoms with Gasteiger partial charge in [0.25, 0.3) is 0 Å². The van der Waals surface area contributed by atoms with E-state index in [1.165, 1.54) is 0 Å². The number of pyridine rings is 1. The van der Waals surface area contributed by atoms with Crippen LogP contribution in [0.3, 0.4) is 0 Å². The maximum absolute atomic E-state index is 12.6. The number of hydrogen-bond donors (Lipinski definition) is 0. The van der Waals surface area contributed by atoms with Crippen molar-refractivity contribution in [1.82, 2.24) is 4.98 Å². The molecule has 2 aromatic rings. The third-order valence-corrected chi connectivity index (χ3v) is 2.38. The van der Waals surface area contributed by atoms with Gasteiger partial charge in [0.1, 0.15) is 5.15 Å². The second-order valence-corrected chi connectivity index (χ2v) is 3.81. The molecule has 0 saturated heterocycles. The predicted octanol–water partition coefficient (Wildman–Crippen LogP) is 4.42. The smallest absolute Gasteiger partial charge is 0.236 e. The molecule has 0 atom stereocenters. The number of aromatic nitrogens is 1. The Morgan fingerprint density at radius 2 is 1.65 bits per heavy atom. The summed E-state index contributed by atoms with van der Waals surface area (Å²) in [5.74, 6) is 0. The van der Waals surface area contributed by atoms with E-state index in [1.54, 1.807) is 30.3 Å². The van der Waals surface area contributed by atoms with Gasteiger partial charge in [0.05, 0.1) is 11.3 Å². The molecule has 0 N–H and O–H groups in total. The zero-order chi connectivity index (χ0) is 12.5. The number of rotatable bonds is 1. The van der Waals surface area contributed by atoms with Crippen LogP contribution in [0, 0.1) is 0 Å². The standard InChI is InChI=1S/C12H7ClF3N/c13-11-7-9(12(14,15)16)6-10(17-11)8-4-2-1-3-5-8/h1-7H. The molecular formula is C12H7ClF3N. The first kappa shape index (κ1) is 11.9. The Hall–Kier alpha value is -1.55. The lowest BCUT2D eigenvalue weighted by Gasteiger charge is -2.09. The molecule has 0 aliphatic rings. The minimum atomic E-state index is -4.42. The molecule has 2 rings (SSSR count). The summed E-state index contributed by atoms with van der Waals surface area (Å²) in [6.45, 7) is 0. The average molecular weight is 258 g/mol. The van der Waals surface area contributed by atoms with Crippen LogP contribution in [0.15, 0.2) is 42.5 Å². The molecule has 0 fully saturated rings. The highest BCUT2D eigenvalue weighted by molar-refractivity contribution is 6.29. The fourth-order valence-corrected chi connectivity index (χ4v) is 1.63. The minimum absolute atomic E-state index is 0.168. The number of halogens is 4. The van der Waals surface area contributed by atoms with Gasteiger partial charge < -0.3 is 0 Å². The van der Waals surface area contributed by atoms with Crippen molar-refractivity contribution in [2.75, 3.05) is 0 Å². The van der Waals surface area contributed by atoms with Crippen LogP contribution >= 0.6 is 11.6 Å². The maximum Gasteiger partial charge on any atom is 0.416 e. The van der Waals surface area contributed by atoms with E-state index < -0.39 is 11.7 Å². The second kappa shape index (κ2) is 4.37. The van der Waals surface area contributed by atoms with Crippen LogP contribution in [0.1, 0.15) is 5.56 Å². The van der Waals surface area contributed by atoms with Crippen molar-refractivity contribution in [2.24, 2.45) is 0 Å². The highest BCUT2D eigenvalue weighted by atomic mass is 35.5. The SMILES string of the molecule is FC(F)(F)c1cc(Cl)nc(-c2ccccc2)c1. The number of alkyl halides is 3. The molecule has 0 saturated carbocycles. The fraction of sp³-hybridized carbons (Fsp3) is 0.0833. The molecule has 0 amide bonds. The van der Waals surface area contributed by atoms with Crippen molar-refractivity contribution in [1.29, 1.82) is 0 Å². The molecular weight excluding hydrogens is 251 g/mol. The average Bonchev–Trinajstić information content (AvgIpc) is 2.28. The predicted molar refractivity (Wildman–Crippen MR) is 59.7 cm³/mol. The summed E-state index contributed by atoms with van der Waals surface area (Å²) in [7, 11) is 0. The highest BCUT2D eigenvalue weighted by Gasteiger charge is 2.31. The fourth-order valence-electron chi connectivity index (χ4n) is 1.42. The first-order valence-corrected chi connectivity index (χ1v) is 5.15. The van der Waals surface area contributed by atoms with Crippen molar-refractivity contribution in [3.8, 4) is 11.3 Å². The van der Waals surface area contributed by atoms with Gasteiger partial charge in [0.2, 0.25) is 0 Å². The van der Waals surface area contributed by atoms with Crippen molar-refractivity contribution in [3.63, 3.8) is 0 Å². The quantitative estimate of drug-likeness (QED) is 0.689. The summed E-state index contributed by atoms with van der Waals surface area (Å²) in [5, 5.41) is -0.168. The summed E-state index contributed by atoms with van der Waals surface area (Å²) in [6.07, 6.45) is -4.42.